The molecule has 112 valence electrons. The van der Waals surface area contributed by atoms with Crippen molar-refractivity contribution < 1.29 is 0 Å². The summed E-state index contributed by atoms with van der Waals surface area (Å²) in [5.41, 5.74) is 4.63. The third-order valence-electron chi connectivity index (χ3n) is 4.36. The van der Waals surface area contributed by atoms with E-state index < -0.39 is 0 Å². The van der Waals surface area contributed by atoms with Gasteiger partial charge in [0.05, 0.1) is 0 Å². The summed E-state index contributed by atoms with van der Waals surface area (Å²) in [4.78, 5) is 2.26. The van der Waals surface area contributed by atoms with Crippen molar-refractivity contribution in [1.29, 1.82) is 0 Å². The molecule has 1 aliphatic carbocycles. The zero-order valence-electron chi connectivity index (χ0n) is 13.4. The van der Waals surface area contributed by atoms with Crippen molar-refractivity contribution >= 4 is 0 Å². The summed E-state index contributed by atoms with van der Waals surface area (Å²) in [6.45, 7) is 4.59. The van der Waals surface area contributed by atoms with Gasteiger partial charge in [-0.3, -0.25) is 0 Å². The molecule has 0 bridgehead atoms. The van der Waals surface area contributed by atoms with Gasteiger partial charge >= 0.3 is 0 Å². The summed E-state index contributed by atoms with van der Waals surface area (Å²) < 4.78 is 0. The number of nitrogens with one attached hydrogen (secondary N) is 1. The maximum Gasteiger partial charge on any atom is 0.0291 e. The number of fused-ring (bicyclic) bond motifs is 1. The van der Waals surface area contributed by atoms with Crippen molar-refractivity contribution in [3.63, 3.8) is 0 Å². The second-order valence-corrected chi connectivity index (χ2v) is 6.42. The smallest absolute Gasteiger partial charge is 0.0291 e. The van der Waals surface area contributed by atoms with E-state index in [2.05, 4.69) is 49.4 Å². The quantitative estimate of drug-likeness (QED) is 0.765. The second-order valence-electron chi connectivity index (χ2n) is 6.42. The molecule has 0 saturated carbocycles. The number of hydrogen-bond donors (Lipinski definition) is 1. The van der Waals surface area contributed by atoms with E-state index in [4.69, 9.17) is 0 Å². The molecule has 1 aromatic rings. The van der Waals surface area contributed by atoms with Crippen LogP contribution in [0.4, 0.5) is 0 Å². The Bertz CT molecular complexity index is 412. The third-order valence-corrected chi connectivity index (χ3v) is 4.36. The molecule has 20 heavy (non-hydrogen) atoms. The summed E-state index contributed by atoms with van der Waals surface area (Å²) >= 11 is 0. The Hall–Kier alpha value is -0.860. The molecule has 0 saturated heterocycles. The van der Waals surface area contributed by atoms with E-state index in [0.29, 0.717) is 6.04 Å². The highest BCUT2D eigenvalue weighted by Crippen LogP contribution is 2.24. The molecule has 0 heterocycles. The summed E-state index contributed by atoms with van der Waals surface area (Å²) in [6.07, 6.45) is 7.82. The van der Waals surface area contributed by atoms with Crippen molar-refractivity contribution in [1.82, 2.24) is 10.2 Å². The van der Waals surface area contributed by atoms with Gasteiger partial charge in [-0.05, 0) is 89.3 Å². The molecule has 0 aliphatic heterocycles. The van der Waals surface area contributed by atoms with Gasteiger partial charge in [-0.2, -0.15) is 0 Å². The average molecular weight is 274 g/mol. The van der Waals surface area contributed by atoms with E-state index in [1.807, 2.05) is 0 Å². The second kappa shape index (κ2) is 7.80. The van der Waals surface area contributed by atoms with Gasteiger partial charge in [0.2, 0.25) is 0 Å². The number of hydrogen-bond acceptors (Lipinski definition) is 2. The highest BCUT2D eigenvalue weighted by atomic mass is 15.0. The van der Waals surface area contributed by atoms with Gasteiger partial charge in [-0.25, -0.2) is 0 Å². The van der Waals surface area contributed by atoms with Crippen LogP contribution in [0.15, 0.2) is 18.2 Å². The molecule has 1 atom stereocenters. The Morgan fingerprint density at radius 3 is 2.60 bits per heavy atom. The minimum atomic E-state index is 0.474. The van der Waals surface area contributed by atoms with Crippen LogP contribution in [0, 0.1) is 0 Å². The van der Waals surface area contributed by atoms with Gasteiger partial charge < -0.3 is 10.2 Å². The molecule has 0 amide bonds. The van der Waals surface area contributed by atoms with Gasteiger partial charge in [0.1, 0.15) is 0 Å². The van der Waals surface area contributed by atoms with Crippen LogP contribution in [0.3, 0.4) is 0 Å². The molecular formula is C18H30N2. The molecule has 1 aromatic carbocycles. The molecular weight excluding hydrogens is 244 g/mol. The van der Waals surface area contributed by atoms with E-state index >= 15 is 0 Å². The van der Waals surface area contributed by atoms with Crippen molar-refractivity contribution in [2.75, 3.05) is 27.2 Å². The minimum Gasteiger partial charge on any atom is -0.310 e. The van der Waals surface area contributed by atoms with Crippen molar-refractivity contribution in [2.24, 2.45) is 0 Å². The van der Waals surface area contributed by atoms with Crippen molar-refractivity contribution in [3.8, 4) is 0 Å². The minimum absolute atomic E-state index is 0.474. The first-order valence-corrected chi connectivity index (χ1v) is 8.16. The number of nitrogens with zero attached hydrogens (tertiary/aromatic N) is 1. The number of benzene rings is 1. The first kappa shape index (κ1) is 15.5. The fourth-order valence-electron chi connectivity index (χ4n) is 3.01. The number of unbranched alkanes of at least 4 members (excludes halogenated alkanes) is 1. The first-order valence-electron chi connectivity index (χ1n) is 8.16. The lowest BCUT2D eigenvalue weighted by atomic mass is 9.89. The van der Waals surface area contributed by atoms with Crippen LogP contribution < -0.4 is 5.32 Å². The van der Waals surface area contributed by atoms with Crippen LogP contribution >= 0.6 is 0 Å². The molecule has 0 spiro atoms. The van der Waals surface area contributed by atoms with E-state index in [-0.39, 0.29) is 0 Å². The van der Waals surface area contributed by atoms with Crippen LogP contribution in [-0.4, -0.2) is 32.1 Å². The zero-order chi connectivity index (χ0) is 14.4. The highest BCUT2D eigenvalue weighted by molar-refractivity contribution is 5.35. The van der Waals surface area contributed by atoms with E-state index in [0.717, 1.165) is 6.54 Å². The van der Waals surface area contributed by atoms with Crippen LogP contribution in [0.2, 0.25) is 0 Å². The molecule has 2 heteroatoms. The third kappa shape index (κ3) is 4.60. The van der Waals surface area contributed by atoms with Gasteiger partial charge in [0.15, 0.2) is 0 Å². The van der Waals surface area contributed by atoms with Crippen molar-refractivity contribution in [2.45, 2.75) is 51.5 Å². The molecule has 1 aliphatic rings. The molecule has 0 fully saturated rings. The normalized spacial score (nSPS) is 16.2. The Kier molecular flexibility index (Phi) is 6.06. The molecule has 1 unspecified atom stereocenters. The fraction of sp³-hybridized carbons (Fsp3) is 0.667. The standard InChI is InChI=1S/C18H30N2/c1-15(19-12-6-7-13-20(2)3)17-11-10-16-8-4-5-9-18(16)14-17/h10-11,14-15,19H,4-9,12-13H2,1-3H3. The maximum absolute atomic E-state index is 3.66. The molecule has 0 aromatic heterocycles. The SMILES string of the molecule is CC(NCCCCN(C)C)c1ccc2c(c1)CCCC2. The predicted octanol–water partition coefficient (Wildman–Crippen LogP) is 3.56. The van der Waals surface area contributed by atoms with Gasteiger partial charge in [-0.1, -0.05) is 18.2 Å². The lowest BCUT2D eigenvalue weighted by Gasteiger charge is -2.20. The highest BCUT2D eigenvalue weighted by Gasteiger charge is 2.11. The topological polar surface area (TPSA) is 15.3 Å². The lowest BCUT2D eigenvalue weighted by molar-refractivity contribution is 0.389. The molecule has 2 rings (SSSR count). The van der Waals surface area contributed by atoms with E-state index in [1.54, 1.807) is 11.1 Å². The summed E-state index contributed by atoms with van der Waals surface area (Å²) in [6, 6.07) is 7.59. The fourth-order valence-corrected chi connectivity index (χ4v) is 3.01. The largest absolute Gasteiger partial charge is 0.310 e. The monoisotopic (exact) mass is 274 g/mol. The van der Waals surface area contributed by atoms with Gasteiger partial charge in [0, 0.05) is 6.04 Å². The van der Waals surface area contributed by atoms with Crippen LogP contribution in [0.1, 0.15) is 55.3 Å². The summed E-state index contributed by atoms with van der Waals surface area (Å²) in [5, 5.41) is 3.66. The molecule has 0 radical (unpaired) electrons. The Morgan fingerprint density at radius 2 is 1.85 bits per heavy atom. The Balaban J connectivity index is 1.79. The Morgan fingerprint density at radius 1 is 1.10 bits per heavy atom. The molecule has 2 nitrogen and oxygen atoms in total. The molecule has 1 N–H and O–H groups in total. The summed E-state index contributed by atoms with van der Waals surface area (Å²) in [7, 11) is 4.28. The predicted molar refractivity (Wildman–Crippen MR) is 87.3 cm³/mol. The average Bonchev–Trinajstić information content (AvgIpc) is 2.46. The zero-order valence-corrected chi connectivity index (χ0v) is 13.4. The van der Waals surface area contributed by atoms with Gasteiger partial charge in [0.25, 0.3) is 0 Å². The van der Waals surface area contributed by atoms with Crippen LogP contribution in [0.5, 0.6) is 0 Å². The number of aryl methyl sites for hydroxylation is 2. The Labute approximate surface area is 124 Å². The summed E-state index contributed by atoms with van der Waals surface area (Å²) in [5.74, 6) is 0. The van der Waals surface area contributed by atoms with Crippen LogP contribution in [0.25, 0.3) is 0 Å². The van der Waals surface area contributed by atoms with E-state index in [9.17, 15) is 0 Å². The lowest BCUT2D eigenvalue weighted by Crippen LogP contribution is -2.21. The maximum atomic E-state index is 3.66. The van der Waals surface area contributed by atoms with Crippen LogP contribution in [-0.2, 0) is 12.8 Å². The number of rotatable bonds is 7. The first-order chi connectivity index (χ1) is 9.66. The van der Waals surface area contributed by atoms with Crippen molar-refractivity contribution in [3.05, 3.63) is 34.9 Å². The van der Waals surface area contributed by atoms with Gasteiger partial charge in [-0.15, -0.1) is 0 Å². The van der Waals surface area contributed by atoms with E-state index in [1.165, 1.54) is 50.6 Å².